The van der Waals surface area contributed by atoms with E-state index in [1.807, 2.05) is 0 Å². The lowest BCUT2D eigenvalue weighted by Crippen LogP contribution is -2.53. The third kappa shape index (κ3) is 4.40. The van der Waals surface area contributed by atoms with Gasteiger partial charge in [0.05, 0.1) is 4.90 Å². The quantitative estimate of drug-likeness (QED) is 0.479. The van der Waals surface area contributed by atoms with Crippen molar-refractivity contribution in [1.82, 2.24) is 14.6 Å². The van der Waals surface area contributed by atoms with E-state index in [0.29, 0.717) is 4.31 Å². The van der Waals surface area contributed by atoms with E-state index in [1.165, 1.54) is 30.5 Å². The monoisotopic (exact) mass is 464 g/mol. The van der Waals surface area contributed by atoms with Crippen LogP contribution in [0.15, 0.2) is 29.3 Å². The number of benzene rings is 1. The predicted molar refractivity (Wildman–Crippen MR) is 113 cm³/mol. The summed E-state index contributed by atoms with van der Waals surface area (Å²) in [6.07, 6.45) is 1.39. The van der Waals surface area contributed by atoms with Crippen LogP contribution in [-0.4, -0.2) is 61.2 Å². The molecule has 2 aromatic rings. The zero-order chi connectivity index (χ0) is 22.9. The molecule has 0 fully saturated rings. The topological polar surface area (TPSA) is 143 Å². The third-order valence-corrected chi connectivity index (χ3v) is 7.49. The number of aryl methyl sites for hydroxylation is 1. The normalized spacial score (nSPS) is 17.6. The van der Waals surface area contributed by atoms with E-state index in [4.69, 9.17) is 0 Å². The van der Waals surface area contributed by atoms with Gasteiger partial charge in [-0.3, -0.25) is 19.2 Å². The maximum Gasteiger partial charge on any atom is 0.252 e. The van der Waals surface area contributed by atoms with Crippen molar-refractivity contribution in [3.8, 4) is 0 Å². The number of hydrogen-bond acceptors (Lipinski definition) is 8. The van der Waals surface area contributed by atoms with Crippen molar-refractivity contribution in [3.05, 3.63) is 40.4 Å². The standard InChI is InChI=1S/C19H20N4O6S2/c1-10-9-21-19(30-10)22-18(27)16-17(26)12-5-4-11(13(24)6-7-15(25)20-2)8-14(12)31(28,29)23(16)3/h4-5,8-9,16H,6-7H2,1-3H3,(H,20,25)(H,21,22,27). The molecule has 12 heteroatoms. The summed E-state index contributed by atoms with van der Waals surface area (Å²) in [7, 11) is -1.64. The van der Waals surface area contributed by atoms with E-state index >= 15 is 0 Å². The number of carbonyl (C=O) groups is 4. The first kappa shape index (κ1) is 22.7. The first-order valence-corrected chi connectivity index (χ1v) is 11.4. The summed E-state index contributed by atoms with van der Waals surface area (Å²) in [6, 6.07) is 2.06. The Hall–Kier alpha value is -2.96. The van der Waals surface area contributed by atoms with Crippen LogP contribution in [0.4, 0.5) is 5.13 Å². The Labute approximate surface area is 182 Å². The minimum Gasteiger partial charge on any atom is -0.359 e. The molecule has 0 aliphatic carbocycles. The smallest absolute Gasteiger partial charge is 0.252 e. The number of amides is 2. The molecule has 1 aliphatic rings. The Morgan fingerprint density at radius 3 is 2.55 bits per heavy atom. The average Bonchev–Trinajstić information content (AvgIpc) is 3.14. The maximum atomic E-state index is 13.0. The molecule has 2 heterocycles. The third-order valence-electron chi connectivity index (χ3n) is 4.80. The van der Waals surface area contributed by atoms with Crippen molar-refractivity contribution in [1.29, 1.82) is 0 Å². The molecule has 1 aromatic carbocycles. The highest BCUT2D eigenvalue weighted by Crippen LogP contribution is 2.31. The zero-order valence-electron chi connectivity index (χ0n) is 17.0. The number of rotatable bonds is 6. The second kappa shape index (κ2) is 8.65. The van der Waals surface area contributed by atoms with Gasteiger partial charge in [0.25, 0.3) is 5.91 Å². The molecule has 1 atom stereocenters. The molecular weight excluding hydrogens is 444 g/mol. The number of anilines is 1. The number of fused-ring (bicyclic) bond motifs is 1. The van der Waals surface area contributed by atoms with Gasteiger partial charge in [0.1, 0.15) is 0 Å². The van der Waals surface area contributed by atoms with Crippen molar-refractivity contribution in [2.45, 2.75) is 30.7 Å². The number of likely N-dealkylation sites (N-methyl/N-ethyl adjacent to an activating group) is 1. The summed E-state index contributed by atoms with van der Waals surface area (Å²) in [5, 5.41) is 5.13. The summed E-state index contributed by atoms with van der Waals surface area (Å²) in [5.41, 5.74) is -0.106. The Morgan fingerprint density at radius 1 is 1.23 bits per heavy atom. The number of nitrogens with one attached hydrogen (secondary N) is 2. The number of aromatic nitrogens is 1. The van der Waals surface area contributed by atoms with Crippen molar-refractivity contribution in [2.75, 3.05) is 19.4 Å². The van der Waals surface area contributed by atoms with Crippen molar-refractivity contribution < 1.29 is 27.6 Å². The number of thiazole rings is 1. The second-order valence-electron chi connectivity index (χ2n) is 6.86. The second-order valence-corrected chi connectivity index (χ2v) is 10.1. The Kier molecular flexibility index (Phi) is 6.34. The van der Waals surface area contributed by atoms with Crippen LogP contribution in [0, 0.1) is 6.92 Å². The molecule has 1 aromatic heterocycles. The zero-order valence-corrected chi connectivity index (χ0v) is 18.6. The van der Waals surface area contributed by atoms with Gasteiger partial charge < -0.3 is 10.6 Å². The molecule has 2 N–H and O–H groups in total. The molecule has 2 amide bonds. The van der Waals surface area contributed by atoms with Crippen molar-refractivity contribution in [2.24, 2.45) is 0 Å². The van der Waals surface area contributed by atoms with Crippen LogP contribution in [0.1, 0.15) is 38.4 Å². The molecule has 31 heavy (non-hydrogen) atoms. The van der Waals surface area contributed by atoms with Crippen LogP contribution in [0.5, 0.6) is 0 Å². The summed E-state index contributed by atoms with van der Waals surface area (Å²) in [4.78, 5) is 53.8. The highest BCUT2D eigenvalue weighted by Gasteiger charge is 2.45. The maximum absolute atomic E-state index is 13.0. The number of nitrogens with zero attached hydrogens (tertiary/aromatic N) is 2. The lowest BCUT2D eigenvalue weighted by atomic mass is 9.99. The molecule has 0 radical (unpaired) electrons. The summed E-state index contributed by atoms with van der Waals surface area (Å²) >= 11 is 1.19. The first-order valence-electron chi connectivity index (χ1n) is 9.19. The van der Waals surface area contributed by atoms with Gasteiger partial charge in [-0.15, -0.1) is 11.3 Å². The van der Waals surface area contributed by atoms with Gasteiger partial charge in [0.2, 0.25) is 15.9 Å². The summed E-state index contributed by atoms with van der Waals surface area (Å²) in [6.45, 7) is 1.79. The molecular formula is C19H20N4O6S2. The van der Waals surface area contributed by atoms with Gasteiger partial charge in [-0.25, -0.2) is 13.4 Å². The van der Waals surface area contributed by atoms with E-state index in [1.54, 1.807) is 13.1 Å². The molecule has 1 unspecified atom stereocenters. The molecule has 164 valence electrons. The highest BCUT2D eigenvalue weighted by molar-refractivity contribution is 7.89. The Bertz CT molecular complexity index is 1190. The van der Waals surface area contributed by atoms with Crippen LogP contribution in [0.25, 0.3) is 0 Å². The lowest BCUT2D eigenvalue weighted by molar-refractivity contribution is -0.120. The van der Waals surface area contributed by atoms with Gasteiger partial charge in [0, 0.05) is 49.1 Å². The predicted octanol–water partition coefficient (Wildman–Crippen LogP) is 0.985. The van der Waals surface area contributed by atoms with Gasteiger partial charge >= 0.3 is 0 Å². The first-order chi connectivity index (χ1) is 14.6. The molecule has 0 saturated carbocycles. The van der Waals surface area contributed by atoms with Crippen LogP contribution >= 0.6 is 11.3 Å². The van der Waals surface area contributed by atoms with Gasteiger partial charge in [0.15, 0.2) is 22.7 Å². The molecule has 0 spiro atoms. The van der Waals surface area contributed by atoms with E-state index in [-0.39, 0.29) is 39.9 Å². The van der Waals surface area contributed by atoms with E-state index in [2.05, 4.69) is 15.6 Å². The SMILES string of the molecule is CNC(=O)CCC(=O)c1ccc2c(c1)S(=O)(=O)N(C)C(C(=O)Nc1ncc(C)s1)C2=O. The average molecular weight is 465 g/mol. The fourth-order valence-corrected chi connectivity index (χ4v) is 5.26. The minimum absolute atomic E-state index is 0.0452. The van der Waals surface area contributed by atoms with Gasteiger partial charge in [-0.2, -0.15) is 4.31 Å². The minimum atomic E-state index is -4.22. The Balaban J connectivity index is 1.91. The van der Waals surface area contributed by atoms with Crippen molar-refractivity contribution in [3.63, 3.8) is 0 Å². The van der Waals surface area contributed by atoms with E-state index in [0.717, 1.165) is 18.0 Å². The fourth-order valence-electron chi connectivity index (χ4n) is 3.09. The molecule has 10 nitrogen and oxygen atoms in total. The lowest BCUT2D eigenvalue weighted by Gasteiger charge is -2.31. The van der Waals surface area contributed by atoms with Gasteiger partial charge in [-0.05, 0) is 19.1 Å². The molecule has 0 saturated heterocycles. The van der Waals surface area contributed by atoms with Gasteiger partial charge in [-0.1, -0.05) is 6.07 Å². The Morgan fingerprint density at radius 2 is 1.94 bits per heavy atom. The van der Waals surface area contributed by atoms with E-state index < -0.39 is 33.5 Å². The molecule has 3 rings (SSSR count). The highest BCUT2D eigenvalue weighted by atomic mass is 32.2. The fraction of sp³-hybridized carbons (Fsp3) is 0.316. The van der Waals surface area contributed by atoms with Crippen LogP contribution in [-0.2, 0) is 19.6 Å². The van der Waals surface area contributed by atoms with Crippen molar-refractivity contribution >= 4 is 49.9 Å². The number of sulfonamides is 1. The van der Waals surface area contributed by atoms with Crippen LogP contribution < -0.4 is 10.6 Å². The molecule has 0 bridgehead atoms. The number of Topliss-reactive ketones (excluding diaryl/α,β-unsaturated/α-hetero) is 2. The van der Waals surface area contributed by atoms with E-state index in [9.17, 15) is 27.6 Å². The molecule has 1 aliphatic heterocycles. The summed E-state index contributed by atoms with van der Waals surface area (Å²) in [5.74, 6) is -2.28. The largest absolute Gasteiger partial charge is 0.359 e. The van der Waals surface area contributed by atoms with Crippen LogP contribution in [0.3, 0.4) is 0 Å². The number of hydrogen-bond donors (Lipinski definition) is 2. The van der Waals surface area contributed by atoms with Crippen LogP contribution in [0.2, 0.25) is 0 Å². The number of carbonyl (C=O) groups excluding carboxylic acids is 4. The number of ketones is 2. The summed E-state index contributed by atoms with van der Waals surface area (Å²) < 4.78 is 26.7.